The number of esters is 1. The Bertz CT molecular complexity index is 961. The van der Waals surface area contributed by atoms with Crippen molar-refractivity contribution >= 4 is 27.6 Å². The summed E-state index contributed by atoms with van der Waals surface area (Å²) < 4.78 is 56.3. The molecule has 1 saturated heterocycles. The third-order valence-electron chi connectivity index (χ3n) is 4.15. The van der Waals surface area contributed by atoms with Gasteiger partial charge in [0.2, 0.25) is 10.0 Å². The molecule has 1 heterocycles. The van der Waals surface area contributed by atoms with Gasteiger partial charge in [0.25, 0.3) is 0 Å². The summed E-state index contributed by atoms with van der Waals surface area (Å²) in [7, 11) is -4.08. The number of carbonyl (C=O) groups is 1. The zero-order valence-electron chi connectivity index (χ0n) is 15.3. The number of sulfonamides is 1. The quantitative estimate of drug-likeness (QED) is 0.483. The standard InChI is InChI=1S/C19H19ClFNO6S/c20-15-2-4-16(5-3-15)27-11-12-28-19(23)14-1-6-17(21)18(13-14)29(24,25)22-7-9-26-10-8-22/h1-6,13H,7-12H2. The van der Waals surface area contributed by atoms with E-state index in [1.54, 1.807) is 24.3 Å². The van der Waals surface area contributed by atoms with E-state index in [2.05, 4.69) is 0 Å². The second kappa shape index (κ2) is 9.53. The molecule has 7 nitrogen and oxygen atoms in total. The number of carbonyl (C=O) groups excluding carboxylic acids is 1. The van der Waals surface area contributed by atoms with Crippen molar-refractivity contribution in [1.82, 2.24) is 4.31 Å². The lowest BCUT2D eigenvalue weighted by atomic mass is 10.2. The van der Waals surface area contributed by atoms with Crippen molar-refractivity contribution < 1.29 is 31.8 Å². The van der Waals surface area contributed by atoms with Crippen LogP contribution in [0.15, 0.2) is 47.4 Å². The Hall–Kier alpha value is -2.20. The van der Waals surface area contributed by atoms with E-state index in [9.17, 15) is 17.6 Å². The second-order valence-electron chi connectivity index (χ2n) is 6.10. The highest BCUT2D eigenvalue weighted by molar-refractivity contribution is 7.89. The average Bonchev–Trinajstić information content (AvgIpc) is 2.73. The summed E-state index contributed by atoms with van der Waals surface area (Å²) in [5.74, 6) is -1.15. The third-order valence-corrected chi connectivity index (χ3v) is 6.32. The second-order valence-corrected chi connectivity index (χ2v) is 8.44. The minimum Gasteiger partial charge on any atom is -0.490 e. The van der Waals surface area contributed by atoms with Gasteiger partial charge in [0.1, 0.15) is 29.7 Å². The fourth-order valence-corrected chi connectivity index (χ4v) is 4.29. The van der Waals surface area contributed by atoms with Gasteiger partial charge >= 0.3 is 5.97 Å². The van der Waals surface area contributed by atoms with Gasteiger partial charge in [-0.2, -0.15) is 4.31 Å². The molecule has 0 radical (unpaired) electrons. The zero-order chi connectivity index (χ0) is 20.9. The molecular weight excluding hydrogens is 425 g/mol. The highest BCUT2D eigenvalue weighted by atomic mass is 35.5. The molecule has 0 saturated carbocycles. The van der Waals surface area contributed by atoms with Crippen molar-refractivity contribution in [3.05, 3.63) is 58.9 Å². The van der Waals surface area contributed by atoms with Crippen LogP contribution in [0, 0.1) is 5.82 Å². The van der Waals surface area contributed by atoms with Crippen molar-refractivity contribution in [2.24, 2.45) is 0 Å². The Morgan fingerprint density at radius 3 is 2.48 bits per heavy atom. The van der Waals surface area contributed by atoms with Gasteiger partial charge in [0, 0.05) is 18.1 Å². The summed E-state index contributed by atoms with van der Waals surface area (Å²) in [5.41, 5.74) is -0.0651. The average molecular weight is 444 g/mol. The summed E-state index contributed by atoms with van der Waals surface area (Å²) in [4.78, 5) is 11.7. The molecule has 10 heteroatoms. The van der Waals surface area contributed by atoms with Gasteiger partial charge in [-0.25, -0.2) is 17.6 Å². The van der Waals surface area contributed by atoms with Crippen LogP contribution < -0.4 is 4.74 Å². The maximum Gasteiger partial charge on any atom is 0.338 e. The maximum absolute atomic E-state index is 14.2. The fourth-order valence-electron chi connectivity index (χ4n) is 2.66. The van der Waals surface area contributed by atoms with Crippen LogP contribution in [0.25, 0.3) is 0 Å². The van der Waals surface area contributed by atoms with Crippen LogP contribution in [-0.2, 0) is 19.5 Å². The molecule has 3 rings (SSSR count). The van der Waals surface area contributed by atoms with E-state index in [1.165, 1.54) is 6.07 Å². The molecule has 0 unspecified atom stereocenters. The smallest absolute Gasteiger partial charge is 0.338 e. The van der Waals surface area contributed by atoms with E-state index in [0.29, 0.717) is 10.8 Å². The summed E-state index contributed by atoms with van der Waals surface area (Å²) >= 11 is 5.78. The highest BCUT2D eigenvalue weighted by Crippen LogP contribution is 2.22. The van der Waals surface area contributed by atoms with Gasteiger partial charge in [-0.15, -0.1) is 0 Å². The number of nitrogens with zero attached hydrogens (tertiary/aromatic N) is 1. The molecule has 0 N–H and O–H groups in total. The summed E-state index contributed by atoms with van der Waals surface area (Å²) in [6, 6.07) is 9.78. The molecule has 0 atom stereocenters. The molecule has 0 aromatic heterocycles. The molecule has 0 aliphatic carbocycles. The van der Waals surface area contributed by atoms with Crippen molar-refractivity contribution in [3.63, 3.8) is 0 Å². The van der Waals surface area contributed by atoms with Crippen LogP contribution in [-0.4, -0.2) is 58.2 Å². The molecule has 1 aliphatic rings. The van der Waals surface area contributed by atoms with Crippen molar-refractivity contribution in [2.45, 2.75) is 4.90 Å². The first-order valence-corrected chi connectivity index (χ1v) is 10.6. The Morgan fingerprint density at radius 1 is 1.10 bits per heavy atom. The predicted molar refractivity (Wildman–Crippen MR) is 103 cm³/mol. The molecule has 1 fully saturated rings. The molecule has 0 bridgehead atoms. The lowest BCUT2D eigenvalue weighted by molar-refractivity contribution is 0.0450. The highest BCUT2D eigenvalue weighted by Gasteiger charge is 2.30. The first-order chi connectivity index (χ1) is 13.9. The predicted octanol–water partition coefficient (Wildman–Crippen LogP) is 2.74. The van der Waals surface area contributed by atoms with E-state index in [4.69, 9.17) is 25.8 Å². The van der Waals surface area contributed by atoms with Crippen LogP contribution in [0.5, 0.6) is 5.75 Å². The van der Waals surface area contributed by atoms with Gasteiger partial charge in [0.05, 0.1) is 18.8 Å². The summed E-state index contributed by atoms with van der Waals surface area (Å²) in [6.07, 6.45) is 0. The Balaban J connectivity index is 1.62. The molecule has 29 heavy (non-hydrogen) atoms. The first-order valence-electron chi connectivity index (χ1n) is 8.81. The van der Waals surface area contributed by atoms with Gasteiger partial charge in [0.15, 0.2) is 0 Å². The van der Waals surface area contributed by atoms with E-state index in [0.717, 1.165) is 16.4 Å². The number of hydrogen-bond donors (Lipinski definition) is 0. The summed E-state index contributed by atoms with van der Waals surface area (Å²) in [6.45, 7) is 0.737. The van der Waals surface area contributed by atoms with Gasteiger partial charge in [-0.05, 0) is 42.5 Å². The lowest BCUT2D eigenvalue weighted by Gasteiger charge is -2.26. The van der Waals surface area contributed by atoms with Crippen molar-refractivity contribution in [2.75, 3.05) is 39.5 Å². The van der Waals surface area contributed by atoms with Crippen LogP contribution in [0.3, 0.4) is 0 Å². The molecule has 2 aromatic carbocycles. The number of rotatable bonds is 7. The molecule has 1 aliphatic heterocycles. The SMILES string of the molecule is O=C(OCCOc1ccc(Cl)cc1)c1ccc(F)c(S(=O)(=O)N2CCOCC2)c1. The first kappa shape index (κ1) is 21.5. The minimum atomic E-state index is -4.08. The Morgan fingerprint density at radius 2 is 1.79 bits per heavy atom. The number of benzene rings is 2. The van der Waals surface area contributed by atoms with E-state index < -0.39 is 26.7 Å². The van der Waals surface area contributed by atoms with Gasteiger partial charge in [-0.3, -0.25) is 0 Å². The van der Waals surface area contributed by atoms with Crippen LogP contribution in [0.1, 0.15) is 10.4 Å². The topological polar surface area (TPSA) is 82.1 Å². The van der Waals surface area contributed by atoms with Crippen LogP contribution >= 0.6 is 11.6 Å². The number of ether oxygens (including phenoxy) is 3. The Labute approximate surface area is 173 Å². The molecule has 0 amide bonds. The molecular formula is C19H19ClFNO6S. The minimum absolute atomic E-state index is 0.0651. The van der Waals surface area contributed by atoms with Gasteiger partial charge < -0.3 is 14.2 Å². The third kappa shape index (κ3) is 5.45. The fraction of sp³-hybridized carbons (Fsp3) is 0.316. The number of hydrogen-bond acceptors (Lipinski definition) is 6. The largest absolute Gasteiger partial charge is 0.490 e. The van der Waals surface area contributed by atoms with Gasteiger partial charge in [-0.1, -0.05) is 11.6 Å². The Kier molecular flexibility index (Phi) is 7.07. The molecule has 2 aromatic rings. The van der Waals surface area contributed by atoms with E-state index in [-0.39, 0.29) is 45.1 Å². The summed E-state index contributed by atoms with van der Waals surface area (Å²) in [5, 5.41) is 0.572. The van der Waals surface area contributed by atoms with E-state index in [1.807, 2.05) is 0 Å². The van der Waals surface area contributed by atoms with Crippen LogP contribution in [0.2, 0.25) is 5.02 Å². The van der Waals surface area contributed by atoms with Crippen molar-refractivity contribution in [1.29, 1.82) is 0 Å². The monoisotopic (exact) mass is 443 g/mol. The lowest BCUT2D eigenvalue weighted by Crippen LogP contribution is -2.41. The normalized spacial score (nSPS) is 15.1. The van der Waals surface area contributed by atoms with E-state index >= 15 is 0 Å². The molecule has 0 spiro atoms. The maximum atomic E-state index is 14.2. The zero-order valence-corrected chi connectivity index (χ0v) is 16.9. The molecule has 156 valence electrons. The number of halogens is 2. The number of morpholine rings is 1. The van der Waals surface area contributed by atoms with Crippen molar-refractivity contribution in [3.8, 4) is 5.75 Å². The van der Waals surface area contributed by atoms with Crippen LogP contribution in [0.4, 0.5) is 4.39 Å².